The Bertz CT molecular complexity index is 432. The van der Waals surface area contributed by atoms with Crippen molar-refractivity contribution in [2.75, 3.05) is 10.6 Å². The van der Waals surface area contributed by atoms with Crippen molar-refractivity contribution in [3.63, 3.8) is 0 Å². The molecule has 0 aliphatic heterocycles. The van der Waals surface area contributed by atoms with E-state index >= 15 is 0 Å². The highest BCUT2D eigenvalue weighted by Crippen LogP contribution is 2.54. The molecule has 2 nitrogen and oxygen atoms in total. The molecule has 0 heterocycles. The lowest BCUT2D eigenvalue weighted by molar-refractivity contribution is -0.120. The zero-order valence-corrected chi connectivity index (χ0v) is 11.9. The molecular formula is C15H18BrNO. The van der Waals surface area contributed by atoms with Crippen molar-refractivity contribution >= 4 is 27.5 Å². The summed E-state index contributed by atoms with van der Waals surface area (Å²) in [5.41, 5.74) is 2.23. The van der Waals surface area contributed by atoms with Crippen LogP contribution in [0.3, 0.4) is 0 Å². The number of fused-ring (bicyclic) bond motifs is 1. The Labute approximate surface area is 116 Å². The molecule has 2 saturated carbocycles. The van der Waals surface area contributed by atoms with E-state index in [1.807, 2.05) is 12.1 Å². The van der Waals surface area contributed by atoms with Crippen LogP contribution in [-0.4, -0.2) is 11.2 Å². The second kappa shape index (κ2) is 5.04. The molecule has 2 unspecified atom stereocenters. The number of benzene rings is 1. The minimum absolute atomic E-state index is 0.218. The molecule has 0 spiro atoms. The Morgan fingerprint density at radius 1 is 1.17 bits per heavy atom. The lowest BCUT2D eigenvalue weighted by atomic mass is 10.0. The van der Waals surface area contributed by atoms with E-state index < -0.39 is 0 Å². The summed E-state index contributed by atoms with van der Waals surface area (Å²) in [4.78, 5) is 12.1. The largest absolute Gasteiger partial charge is 0.326 e. The summed E-state index contributed by atoms with van der Waals surface area (Å²) in [5, 5.41) is 4.02. The van der Waals surface area contributed by atoms with Gasteiger partial charge in [0.2, 0.25) is 5.91 Å². The minimum atomic E-state index is 0.218. The van der Waals surface area contributed by atoms with Gasteiger partial charge >= 0.3 is 0 Å². The van der Waals surface area contributed by atoms with Gasteiger partial charge < -0.3 is 5.32 Å². The lowest BCUT2D eigenvalue weighted by Crippen LogP contribution is -2.21. The van der Waals surface area contributed by atoms with Gasteiger partial charge in [0.25, 0.3) is 0 Å². The van der Waals surface area contributed by atoms with E-state index in [9.17, 15) is 4.79 Å². The molecule has 1 N–H and O–H groups in total. The first-order valence-corrected chi connectivity index (χ1v) is 7.84. The molecule has 3 heteroatoms. The number of carbonyl (C=O) groups is 1. The molecule has 2 aliphatic carbocycles. The molecule has 2 atom stereocenters. The van der Waals surface area contributed by atoms with Crippen LogP contribution in [0.25, 0.3) is 0 Å². The van der Waals surface area contributed by atoms with Crippen LogP contribution in [0.4, 0.5) is 5.69 Å². The van der Waals surface area contributed by atoms with Crippen LogP contribution in [0.2, 0.25) is 0 Å². The number of hydrogen-bond donors (Lipinski definition) is 1. The number of amides is 1. The van der Waals surface area contributed by atoms with E-state index in [2.05, 4.69) is 33.4 Å². The maximum atomic E-state index is 12.1. The van der Waals surface area contributed by atoms with Crippen LogP contribution in [0.15, 0.2) is 24.3 Å². The molecule has 1 aromatic carbocycles. The maximum absolute atomic E-state index is 12.1. The fraction of sp³-hybridized carbons (Fsp3) is 0.533. The second-order valence-electron chi connectivity index (χ2n) is 5.55. The SMILES string of the molecule is O=C(Nc1ccc(CCBr)cc1)C1CC2CC2C1. The zero-order valence-electron chi connectivity index (χ0n) is 10.4. The van der Waals surface area contributed by atoms with E-state index in [4.69, 9.17) is 0 Å². The Hall–Kier alpha value is -0.830. The fourth-order valence-electron chi connectivity index (χ4n) is 3.04. The second-order valence-corrected chi connectivity index (χ2v) is 6.34. The monoisotopic (exact) mass is 307 g/mol. The average molecular weight is 308 g/mol. The number of aryl methyl sites for hydroxylation is 1. The third kappa shape index (κ3) is 2.61. The lowest BCUT2D eigenvalue weighted by Gasteiger charge is -2.12. The highest BCUT2D eigenvalue weighted by Gasteiger charge is 2.47. The number of nitrogens with one attached hydrogen (secondary N) is 1. The van der Waals surface area contributed by atoms with Gasteiger partial charge in [-0.25, -0.2) is 0 Å². The van der Waals surface area contributed by atoms with Gasteiger partial charge in [0, 0.05) is 16.9 Å². The van der Waals surface area contributed by atoms with Crippen LogP contribution in [0.1, 0.15) is 24.8 Å². The summed E-state index contributed by atoms with van der Waals surface area (Å²) in [6.45, 7) is 0. The van der Waals surface area contributed by atoms with Crippen molar-refractivity contribution in [1.29, 1.82) is 0 Å². The summed E-state index contributed by atoms with van der Waals surface area (Å²) < 4.78 is 0. The summed E-state index contributed by atoms with van der Waals surface area (Å²) >= 11 is 3.43. The molecule has 0 radical (unpaired) electrons. The standard InChI is InChI=1S/C15H18BrNO/c16-6-5-10-1-3-14(4-2-10)17-15(18)13-8-11-7-12(11)9-13/h1-4,11-13H,5-9H2,(H,17,18). The van der Waals surface area contributed by atoms with Crippen molar-refractivity contribution < 1.29 is 4.79 Å². The third-order valence-electron chi connectivity index (χ3n) is 4.22. The molecular weight excluding hydrogens is 290 g/mol. The van der Waals surface area contributed by atoms with Gasteiger partial charge in [-0.15, -0.1) is 0 Å². The molecule has 0 saturated heterocycles. The maximum Gasteiger partial charge on any atom is 0.227 e. The molecule has 0 bridgehead atoms. The van der Waals surface area contributed by atoms with Crippen LogP contribution >= 0.6 is 15.9 Å². The predicted octanol–water partition coefficient (Wildman–Crippen LogP) is 3.61. The highest BCUT2D eigenvalue weighted by molar-refractivity contribution is 9.09. The highest BCUT2D eigenvalue weighted by atomic mass is 79.9. The van der Waals surface area contributed by atoms with Gasteiger partial charge in [-0.3, -0.25) is 4.79 Å². The van der Waals surface area contributed by atoms with Crippen LogP contribution in [0.5, 0.6) is 0 Å². The van der Waals surface area contributed by atoms with Crippen molar-refractivity contribution in [3.8, 4) is 0 Å². The predicted molar refractivity (Wildman–Crippen MR) is 76.9 cm³/mol. The number of rotatable bonds is 4. The Kier molecular flexibility index (Phi) is 3.42. The van der Waals surface area contributed by atoms with Crippen molar-refractivity contribution in [2.45, 2.75) is 25.7 Å². The molecule has 1 aromatic rings. The normalized spacial score (nSPS) is 28.8. The quantitative estimate of drug-likeness (QED) is 0.846. The summed E-state index contributed by atoms with van der Waals surface area (Å²) in [5.74, 6) is 2.20. The van der Waals surface area contributed by atoms with Crippen LogP contribution in [-0.2, 0) is 11.2 Å². The van der Waals surface area contributed by atoms with E-state index in [0.717, 1.165) is 42.1 Å². The average Bonchev–Trinajstić information content (AvgIpc) is 2.99. The number of anilines is 1. The van der Waals surface area contributed by atoms with Gasteiger partial charge in [0.05, 0.1) is 0 Å². The van der Waals surface area contributed by atoms with Gasteiger partial charge in [-0.2, -0.15) is 0 Å². The van der Waals surface area contributed by atoms with E-state index in [-0.39, 0.29) is 11.8 Å². The minimum Gasteiger partial charge on any atom is -0.326 e. The Morgan fingerprint density at radius 3 is 2.44 bits per heavy atom. The molecule has 3 rings (SSSR count). The molecule has 0 aromatic heterocycles. The number of hydrogen-bond acceptors (Lipinski definition) is 1. The third-order valence-corrected chi connectivity index (χ3v) is 4.62. The summed E-state index contributed by atoms with van der Waals surface area (Å²) in [6.07, 6.45) is 4.61. The van der Waals surface area contributed by atoms with Gasteiger partial charge in [0.15, 0.2) is 0 Å². The van der Waals surface area contributed by atoms with Gasteiger partial charge in [-0.05, 0) is 55.2 Å². The Morgan fingerprint density at radius 2 is 1.83 bits per heavy atom. The van der Waals surface area contributed by atoms with E-state index in [1.54, 1.807) is 0 Å². The first kappa shape index (κ1) is 12.2. The number of alkyl halides is 1. The smallest absolute Gasteiger partial charge is 0.227 e. The summed E-state index contributed by atoms with van der Waals surface area (Å²) in [6, 6.07) is 8.18. The fourth-order valence-corrected chi connectivity index (χ4v) is 3.49. The van der Waals surface area contributed by atoms with Gasteiger partial charge in [-0.1, -0.05) is 28.1 Å². The molecule has 1 amide bonds. The molecule has 96 valence electrons. The van der Waals surface area contributed by atoms with Crippen molar-refractivity contribution in [3.05, 3.63) is 29.8 Å². The number of carbonyl (C=O) groups excluding carboxylic acids is 1. The topological polar surface area (TPSA) is 29.1 Å². The Balaban J connectivity index is 1.56. The van der Waals surface area contributed by atoms with Crippen LogP contribution in [0, 0.1) is 17.8 Å². The van der Waals surface area contributed by atoms with Gasteiger partial charge in [0.1, 0.15) is 0 Å². The van der Waals surface area contributed by atoms with Crippen molar-refractivity contribution in [2.24, 2.45) is 17.8 Å². The van der Waals surface area contributed by atoms with E-state index in [1.165, 1.54) is 12.0 Å². The summed E-state index contributed by atoms with van der Waals surface area (Å²) in [7, 11) is 0. The van der Waals surface area contributed by atoms with E-state index in [0.29, 0.717) is 0 Å². The van der Waals surface area contributed by atoms with Crippen LogP contribution < -0.4 is 5.32 Å². The molecule has 18 heavy (non-hydrogen) atoms. The molecule has 2 fully saturated rings. The zero-order chi connectivity index (χ0) is 12.5. The first-order valence-electron chi connectivity index (χ1n) is 6.72. The molecule has 2 aliphatic rings. The van der Waals surface area contributed by atoms with Crippen molar-refractivity contribution in [1.82, 2.24) is 0 Å². The first-order chi connectivity index (χ1) is 8.76. The number of halogens is 1.